The van der Waals surface area contributed by atoms with Crippen molar-refractivity contribution in [3.05, 3.63) is 41.5 Å². The molecule has 1 N–H and O–H groups in total. The van der Waals surface area contributed by atoms with E-state index in [4.69, 9.17) is 0 Å². The first-order valence-electron chi connectivity index (χ1n) is 8.81. The van der Waals surface area contributed by atoms with Crippen LogP contribution in [0.25, 0.3) is 0 Å². The van der Waals surface area contributed by atoms with Crippen molar-refractivity contribution >= 4 is 17.5 Å². The van der Waals surface area contributed by atoms with Gasteiger partial charge in [-0.05, 0) is 38.8 Å². The Hall–Kier alpha value is -2.50. The first-order chi connectivity index (χ1) is 11.9. The van der Waals surface area contributed by atoms with Crippen molar-refractivity contribution in [2.75, 3.05) is 11.9 Å². The summed E-state index contributed by atoms with van der Waals surface area (Å²) in [5.41, 5.74) is 1.82. The van der Waals surface area contributed by atoms with Crippen LogP contribution < -0.4 is 5.32 Å². The highest BCUT2D eigenvalue weighted by Crippen LogP contribution is 2.32. The normalized spacial score (nSPS) is 17.2. The molecule has 0 spiro atoms. The highest BCUT2D eigenvalue weighted by atomic mass is 16.2. The van der Waals surface area contributed by atoms with Crippen LogP contribution in [-0.4, -0.2) is 32.3 Å². The van der Waals surface area contributed by atoms with Crippen molar-refractivity contribution in [3.63, 3.8) is 0 Å². The number of nitrogens with one attached hydrogen (secondary N) is 1. The van der Waals surface area contributed by atoms with E-state index in [0.29, 0.717) is 11.6 Å². The van der Waals surface area contributed by atoms with Crippen molar-refractivity contribution in [3.8, 4) is 0 Å². The lowest BCUT2D eigenvalue weighted by atomic mass is 10.1. The minimum atomic E-state index is -0.0409. The molecule has 0 saturated carbocycles. The van der Waals surface area contributed by atoms with Gasteiger partial charge in [-0.2, -0.15) is 0 Å². The van der Waals surface area contributed by atoms with Crippen LogP contribution in [0.4, 0.5) is 11.6 Å². The van der Waals surface area contributed by atoms with Crippen LogP contribution in [0.2, 0.25) is 0 Å². The zero-order chi connectivity index (χ0) is 18.0. The molecule has 0 aromatic carbocycles. The molecule has 1 aliphatic heterocycles. The van der Waals surface area contributed by atoms with Crippen molar-refractivity contribution in [2.24, 2.45) is 5.92 Å². The number of hydrogen-bond donors (Lipinski definition) is 1. The lowest BCUT2D eigenvalue weighted by Crippen LogP contribution is -2.34. The molecule has 1 unspecified atom stereocenters. The molecule has 6 heteroatoms. The molecule has 6 nitrogen and oxygen atoms in total. The molecule has 132 valence electrons. The predicted octanol–water partition coefficient (Wildman–Crippen LogP) is 3.55. The Labute approximate surface area is 148 Å². The Morgan fingerprint density at radius 2 is 1.96 bits per heavy atom. The monoisotopic (exact) mass is 339 g/mol. The Balaban J connectivity index is 1.87. The van der Waals surface area contributed by atoms with Crippen LogP contribution in [0, 0.1) is 19.8 Å². The third-order valence-corrected chi connectivity index (χ3v) is 4.34. The molecule has 3 rings (SSSR count). The molecule has 2 aromatic heterocycles. The van der Waals surface area contributed by atoms with Gasteiger partial charge >= 0.3 is 0 Å². The Bertz CT molecular complexity index is 774. The van der Waals surface area contributed by atoms with Gasteiger partial charge in [0.05, 0.1) is 6.04 Å². The summed E-state index contributed by atoms with van der Waals surface area (Å²) in [5.74, 6) is 2.33. The number of aromatic nitrogens is 3. The predicted molar refractivity (Wildman–Crippen MR) is 97.6 cm³/mol. The minimum Gasteiger partial charge on any atom is -0.332 e. The molecule has 0 aliphatic carbocycles. The number of hydrogen-bond acceptors (Lipinski definition) is 5. The molecule has 3 heterocycles. The number of rotatable bonds is 4. The maximum atomic E-state index is 12.5. The van der Waals surface area contributed by atoms with Crippen molar-refractivity contribution < 1.29 is 4.79 Å². The first kappa shape index (κ1) is 17.3. The van der Waals surface area contributed by atoms with Crippen LogP contribution in [0.3, 0.4) is 0 Å². The highest BCUT2D eigenvalue weighted by Gasteiger charge is 2.33. The van der Waals surface area contributed by atoms with Gasteiger partial charge in [-0.1, -0.05) is 19.9 Å². The lowest BCUT2D eigenvalue weighted by molar-refractivity contribution is -0.135. The van der Waals surface area contributed by atoms with E-state index < -0.39 is 0 Å². The van der Waals surface area contributed by atoms with E-state index in [-0.39, 0.29) is 17.9 Å². The molecule has 1 fully saturated rings. The number of likely N-dealkylation sites (tertiary alicyclic amines) is 1. The van der Waals surface area contributed by atoms with E-state index >= 15 is 0 Å². The van der Waals surface area contributed by atoms with Crippen LogP contribution in [0.5, 0.6) is 0 Å². The second-order valence-corrected chi connectivity index (χ2v) is 6.89. The van der Waals surface area contributed by atoms with Gasteiger partial charge in [0, 0.05) is 29.9 Å². The highest BCUT2D eigenvalue weighted by molar-refractivity contribution is 5.78. The van der Waals surface area contributed by atoms with E-state index in [0.717, 1.165) is 36.6 Å². The topological polar surface area (TPSA) is 71.0 Å². The minimum absolute atomic E-state index is 0.0144. The zero-order valence-corrected chi connectivity index (χ0v) is 15.3. The fraction of sp³-hybridized carbons (Fsp3) is 0.474. The standard InChI is InChI=1S/C19H25N5O/c1-12(2)19(25)24-10-6-8-15(24)18-21-14(4)11-17(23-18)22-16-9-5-7-13(3)20-16/h5,7,9,11-12,15H,6,8,10H2,1-4H3,(H,20,21,22,23). The van der Waals surface area contributed by atoms with Gasteiger partial charge in [0.2, 0.25) is 5.91 Å². The molecule has 0 bridgehead atoms. The van der Waals surface area contributed by atoms with Crippen LogP contribution in [0.15, 0.2) is 24.3 Å². The number of aryl methyl sites for hydroxylation is 2. The fourth-order valence-electron chi connectivity index (χ4n) is 3.18. The van der Waals surface area contributed by atoms with Gasteiger partial charge < -0.3 is 10.2 Å². The third kappa shape index (κ3) is 3.95. The summed E-state index contributed by atoms with van der Waals surface area (Å²) in [6.45, 7) is 8.55. The van der Waals surface area contributed by atoms with Crippen LogP contribution in [-0.2, 0) is 4.79 Å². The van der Waals surface area contributed by atoms with Crippen LogP contribution >= 0.6 is 0 Å². The molecular weight excluding hydrogens is 314 g/mol. The maximum absolute atomic E-state index is 12.5. The van der Waals surface area contributed by atoms with Crippen molar-refractivity contribution in [1.29, 1.82) is 0 Å². The molecule has 1 saturated heterocycles. The average Bonchev–Trinajstić information content (AvgIpc) is 3.03. The summed E-state index contributed by atoms with van der Waals surface area (Å²) < 4.78 is 0. The number of anilines is 2. The molecule has 2 aromatic rings. The van der Waals surface area contributed by atoms with Gasteiger partial charge in [0.15, 0.2) is 5.82 Å². The van der Waals surface area contributed by atoms with Gasteiger partial charge in [-0.25, -0.2) is 15.0 Å². The SMILES string of the molecule is Cc1cccc(Nc2cc(C)nc(C3CCCN3C(=O)C(C)C)n2)n1. The maximum Gasteiger partial charge on any atom is 0.225 e. The fourth-order valence-corrected chi connectivity index (χ4v) is 3.18. The molecule has 25 heavy (non-hydrogen) atoms. The molecule has 1 atom stereocenters. The summed E-state index contributed by atoms with van der Waals surface area (Å²) >= 11 is 0. The summed E-state index contributed by atoms with van der Waals surface area (Å²) in [7, 11) is 0. The van der Waals surface area contributed by atoms with Crippen LogP contribution in [0.1, 0.15) is 49.9 Å². The summed E-state index contributed by atoms with van der Waals surface area (Å²) in [6.07, 6.45) is 1.90. The number of carbonyl (C=O) groups excluding carboxylic acids is 1. The summed E-state index contributed by atoms with van der Waals surface area (Å²) in [4.78, 5) is 28.1. The Morgan fingerprint density at radius 3 is 2.68 bits per heavy atom. The quantitative estimate of drug-likeness (QED) is 0.922. The zero-order valence-electron chi connectivity index (χ0n) is 15.3. The van der Waals surface area contributed by atoms with Gasteiger partial charge in [-0.15, -0.1) is 0 Å². The second kappa shape index (κ2) is 7.17. The van der Waals surface area contributed by atoms with E-state index in [1.165, 1.54) is 0 Å². The Morgan fingerprint density at radius 1 is 1.16 bits per heavy atom. The largest absolute Gasteiger partial charge is 0.332 e. The molecular formula is C19H25N5O. The van der Waals surface area contributed by atoms with E-state index in [9.17, 15) is 4.79 Å². The molecule has 1 amide bonds. The Kier molecular flexibility index (Phi) is 4.97. The van der Waals surface area contributed by atoms with E-state index in [2.05, 4.69) is 20.3 Å². The summed E-state index contributed by atoms with van der Waals surface area (Å²) in [5, 5.41) is 3.25. The molecule has 1 aliphatic rings. The third-order valence-electron chi connectivity index (χ3n) is 4.34. The first-order valence-corrected chi connectivity index (χ1v) is 8.81. The smallest absolute Gasteiger partial charge is 0.225 e. The number of pyridine rings is 1. The van der Waals surface area contributed by atoms with Gasteiger partial charge in [-0.3, -0.25) is 4.79 Å². The van der Waals surface area contributed by atoms with Crippen molar-refractivity contribution in [1.82, 2.24) is 19.9 Å². The average molecular weight is 339 g/mol. The molecule has 0 radical (unpaired) electrons. The lowest BCUT2D eigenvalue weighted by Gasteiger charge is -2.25. The summed E-state index contributed by atoms with van der Waals surface area (Å²) in [6, 6.07) is 7.68. The van der Waals surface area contributed by atoms with Gasteiger partial charge in [0.1, 0.15) is 11.6 Å². The number of nitrogens with zero attached hydrogens (tertiary/aromatic N) is 4. The number of carbonyl (C=O) groups is 1. The van der Waals surface area contributed by atoms with Crippen molar-refractivity contribution in [2.45, 2.75) is 46.6 Å². The van der Waals surface area contributed by atoms with Gasteiger partial charge in [0.25, 0.3) is 0 Å². The van der Waals surface area contributed by atoms with E-state index in [1.807, 2.05) is 56.9 Å². The second-order valence-electron chi connectivity index (χ2n) is 6.89. The van der Waals surface area contributed by atoms with E-state index in [1.54, 1.807) is 0 Å². The number of amides is 1.